The summed E-state index contributed by atoms with van der Waals surface area (Å²) in [6.07, 6.45) is 0. The zero-order valence-electron chi connectivity index (χ0n) is 18.7. The SMILES string of the molecule is N#CCO/N=C(\C(=O)N[C@@H]1C(=O)N2C(C(=O)O)=C(CSc3cc(N)nc(N)n3)CS[C@H]12)c1csc(N)n1. The number of carboxylic acids is 1. The van der Waals surface area contributed by atoms with Gasteiger partial charge in [-0.05, 0) is 5.57 Å². The lowest BCUT2D eigenvalue weighted by atomic mass is 10.0. The summed E-state index contributed by atoms with van der Waals surface area (Å²) in [6, 6.07) is 2.22. The minimum absolute atomic E-state index is 0.00852. The number of nitrogen functional groups attached to an aromatic ring is 3. The number of thioether (sulfide) groups is 2. The fourth-order valence-electron chi connectivity index (χ4n) is 3.43. The zero-order chi connectivity index (χ0) is 26.7. The maximum atomic E-state index is 13.0. The summed E-state index contributed by atoms with van der Waals surface area (Å²) < 4.78 is 0. The van der Waals surface area contributed by atoms with Gasteiger partial charge < -0.3 is 32.5 Å². The molecule has 0 saturated carbocycles. The Labute approximate surface area is 221 Å². The summed E-state index contributed by atoms with van der Waals surface area (Å²) in [6.45, 7) is -0.410. The lowest BCUT2D eigenvalue weighted by Crippen LogP contribution is -2.71. The molecule has 0 spiro atoms. The van der Waals surface area contributed by atoms with Crippen LogP contribution in [0.3, 0.4) is 0 Å². The van der Waals surface area contributed by atoms with E-state index in [9.17, 15) is 19.5 Å². The Balaban J connectivity index is 1.50. The lowest BCUT2D eigenvalue weighted by molar-refractivity contribution is -0.150. The van der Waals surface area contributed by atoms with E-state index in [1.807, 2.05) is 0 Å². The van der Waals surface area contributed by atoms with Gasteiger partial charge in [-0.2, -0.15) is 10.2 Å². The monoisotopic (exact) mass is 562 g/mol. The van der Waals surface area contributed by atoms with Crippen LogP contribution in [-0.4, -0.2) is 78.0 Å². The molecule has 0 aromatic carbocycles. The number of carboxylic acid groups (broad SMARTS) is 1. The van der Waals surface area contributed by atoms with Crippen molar-refractivity contribution in [2.75, 3.05) is 35.3 Å². The molecule has 15 nitrogen and oxygen atoms in total. The molecule has 4 rings (SSSR count). The van der Waals surface area contributed by atoms with Gasteiger partial charge in [-0.15, -0.1) is 34.9 Å². The fraction of sp³-hybridized carbons (Fsp3) is 0.263. The minimum Gasteiger partial charge on any atom is -0.477 e. The van der Waals surface area contributed by atoms with Gasteiger partial charge in [-0.25, -0.2) is 14.8 Å². The number of hydrogen-bond donors (Lipinski definition) is 5. The number of aromatic nitrogens is 3. The van der Waals surface area contributed by atoms with Gasteiger partial charge in [-0.3, -0.25) is 14.5 Å². The van der Waals surface area contributed by atoms with Gasteiger partial charge in [-0.1, -0.05) is 5.16 Å². The van der Waals surface area contributed by atoms with E-state index in [1.54, 1.807) is 6.07 Å². The van der Waals surface area contributed by atoms with Crippen LogP contribution in [0.25, 0.3) is 0 Å². The number of nitriles is 1. The molecular weight excluding hydrogens is 544 g/mol. The van der Waals surface area contributed by atoms with Crippen LogP contribution >= 0.6 is 34.9 Å². The van der Waals surface area contributed by atoms with E-state index >= 15 is 0 Å². The van der Waals surface area contributed by atoms with E-state index < -0.39 is 35.8 Å². The zero-order valence-corrected chi connectivity index (χ0v) is 21.1. The number of thiazole rings is 1. The third-order valence-corrected chi connectivity index (χ3v) is 7.95. The molecule has 2 aromatic rings. The largest absolute Gasteiger partial charge is 0.477 e. The number of rotatable bonds is 9. The first-order valence-corrected chi connectivity index (χ1v) is 13.1. The molecule has 2 amide bonds. The Bertz CT molecular complexity index is 1350. The van der Waals surface area contributed by atoms with E-state index in [1.165, 1.54) is 35.0 Å². The van der Waals surface area contributed by atoms with Crippen LogP contribution in [0, 0.1) is 11.3 Å². The molecule has 2 aliphatic heterocycles. The van der Waals surface area contributed by atoms with Crippen molar-refractivity contribution in [1.82, 2.24) is 25.2 Å². The van der Waals surface area contributed by atoms with Gasteiger partial charge >= 0.3 is 5.97 Å². The topological polar surface area (TPSA) is 249 Å². The predicted molar refractivity (Wildman–Crippen MR) is 136 cm³/mol. The van der Waals surface area contributed by atoms with Crippen molar-refractivity contribution in [3.63, 3.8) is 0 Å². The molecule has 192 valence electrons. The van der Waals surface area contributed by atoms with Crippen LogP contribution in [0.1, 0.15) is 5.69 Å². The molecule has 0 bridgehead atoms. The molecule has 8 N–H and O–H groups in total. The fourth-order valence-corrected chi connectivity index (χ4v) is 6.37. The quantitative estimate of drug-likeness (QED) is 0.0642. The highest BCUT2D eigenvalue weighted by molar-refractivity contribution is 8.01. The van der Waals surface area contributed by atoms with E-state index in [4.69, 9.17) is 27.3 Å². The first-order chi connectivity index (χ1) is 17.7. The first-order valence-electron chi connectivity index (χ1n) is 10.2. The van der Waals surface area contributed by atoms with Crippen molar-refractivity contribution < 1.29 is 24.3 Å². The number of fused-ring (bicyclic) bond motifs is 1. The minimum atomic E-state index is -1.27. The summed E-state index contributed by atoms with van der Waals surface area (Å²) in [7, 11) is 0. The number of nitrogens with zero attached hydrogens (tertiary/aromatic N) is 6. The normalized spacial score (nSPS) is 19.1. The van der Waals surface area contributed by atoms with Gasteiger partial charge in [0.05, 0.1) is 0 Å². The molecule has 0 unspecified atom stereocenters. The van der Waals surface area contributed by atoms with Gasteiger partial charge in [0.25, 0.3) is 11.8 Å². The number of anilines is 3. The number of carbonyl (C=O) groups excluding carboxylic acids is 2. The van der Waals surface area contributed by atoms with Crippen molar-refractivity contribution in [2.24, 2.45) is 5.16 Å². The number of carbonyl (C=O) groups is 3. The molecule has 2 aromatic heterocycles. The third kappa shape index (κ3) is 5.52. The van der Waals surface area contributed by atoms with Gasteiger partial charge in [0, 0.05) is 23.0 Å². The van der Waals surface area contributed by atoms with Crippen molar-refractivity contribution >= 4 is 75.3 Å². The Morgan fingerprint density at radius 3 is 2.78 bits per heavy atom. The molecule has 37 heavy (non-hydrogen) atoms. The highest BCUT2D eigenvalue weighted by Gasteiger charge is 2.54. The molecule has 18 heteroatoms. The predicted octanol–water partition coefficient (Wildman–Crippen LogP) is -0.545. The van der Waals surface area contributed by atoms with Crippen molar-refractivity contribution in [3.8, 4) is 6.07 Å². The smallest absolute Gasteiger partial charge is 0.352 e. The Morgan fingerprint density at radius 2 is 2.14 bits per heavy atom. The average molecular weight is 563 g/mol. The van der Waals surface area contributed by atoms with E-state index in [-0.39, 0.29) is 39.8 Å². The van der Waals surface area contributed by atoms with Crippen molar-refractivity contribution in [1.29, 1.82) is 5.26 Å². The number of oxime groups is 1. The summed E-state index contributed by atoms with van der Waals surface area (Å²) >= 11 is 3.57. The number of amides is 2. The molecule has 2 atom stereocenters. The van der Waals surface area contributed by atoms with Crippen LogP contribution in [0.15, 0.2) is 32.9 Å². The highest BCUT2D eigenvalue weighted by atomic mass is 32.2. The highest BCUT2D eigenvalue weighted by Crippen LogP contribution is 2.41. The van der Waals surface area contributed by atoms with Gasteiger partial charge in [0.1, 0.15) is 39.7 Å². The molecule has 1 saturated heterocycles. The van der Waals surface area contributed by atoms with E-state index in [2.05, 4.69) is 25.4 Å². The maximum absolute atomic E-state index is 13.0. The molecular formula is C19H18N10O5S3. The van der Waals surface area contributed by atoms with Crippen LogP contribution in [-0.2, 0) is 19.2 Å². The van der Waals surface area contributed by atoms with E-state index in [0.29, 0.717) is 16.4 Å². The number of aliphatic carboxylic acids is 1. The van der Waals surface area contributed by atoms with Crippen molar-refractivity contribution in [2.45, 2.75) is 16.4 Å². The summed E-state index contributed by atoms with van der Waals surface area (Å²) in [4.78, 5) is 55.8. The molecule has 0 aliphatic carbocycles. The third-order valence-electron chi connectivity index (χ3n) is 4.94. The summed E-state index contributed by atoms with van der Waals surface area (Å²) in [5.74, 6) is -1.98. The Morgan fingerprint density at radius 1 is 1.35 bits per heavy atom. The molecule has 2 aliphatic rings. The first kappa shape index (κ1) is 26.0. The second-order valence-corrected chi connectivity index (χ2v) is 10.3. The van der Waals surface area contributed by atoms with Gasteiger partial charge in [0.2, 0.25) is 12.6 Å². The Hall–Kier alpha value is -4.08. The van der Waals surface area contributed by atoms with Gasteiger partial charge in [0.15, 0.2) is 10.8 Å². The second-order valence-electron chi connectivity index (χ2n) is 7.34. The second kappa shape index (κ2) is 10.9. The molecule has 4 heterocycles. The summed E-state index contributed by atoms with van der Waals surface area (Å²) in [5.41, 5.74) is 17.1. The standard InChI is InChI=1S/C19H18N10O5S3/c20-1-2-34-28-11(8-6-37-19(23)24-8)14(30)27-12-15(31)29-13(17(32)33)7(5-36-16(12)29)4-35-10-3-9(21)25-18(22)26-10/h3,6,12,16H,2,4-5H2,(H2,23,24)(H,27,30)(H,32,33)(H4,21,22,25,26)/b28-11-/t12-,16-/m1/s1. The molecule has 0 radical (unpaired) electrons. The number of hydrogen-bond acceptors (Lipinski definition) is 15. The van der Waals surface area contributed by atoms with Crippen LogP contribution in [0.5, 0.6) is 0 Å². The van der Waals surface area contributed by atoms with Crippen LogP contribution in [0.4, 0.5) is 16.9 Å². The Kier molecular flexibility index (Phi) is 7.66. The lowest BCUT2D eigenvalue weighted by Gasteiger charge is -2.49. The van der Waals surface area contributed by atoms with Crippen LogP contribution in [0.2, 0.25) is 0 Å². The average Bonchev–Trinajstić information content (AvgIpc) is 3.28. The van der Waals surface area contributed by atoms with Crippen molar-refractivity contribution in [3.05, 3.63) is 28.4 Å². The maximum Gasteiger partial charge on any atom is 0.352 e. The number of β-lactam (4-membered cyclic amide) rings is 1. The van der Waals surface area contributed by atoms with Crippen LogP contribution < -0.4 is 22.5 Å². The summed E-state index contributed by atoms with van der Waals surface area (Å²) in [5, 5.41) is 26.2. The number of nitrogens with one attached hydrogen (secondary N) is 1. The molecule has 1 fully saturated rings. The van der Waals surface area contributed by atoms with E-state index in [0.717, 1.165) is 16.2 Å². The number of nitrogens with two attached hydrogens (primary N) is 3.